The number of benzene rings is 2. The fourth-order valence-electron chi connectivity index (χ4n) is 2.84. The summed E-state index contributed by atoms with van der Waals surface area (Å²) in [6, 6.07) is 13.7. The summed E-state index contributed by atoms with van der Waals surface area (Å²) < 4.78 is 11.0. The molecule has 0 aliphatic carbocycles. The molecule has 0 saturated carbocycles. The summed E-state index contributed by atoms with van der Waals surface area (Å²) in [5, 5.41) is 3.06. The van der Waals surface area contributed by atoms with Gasteiger partial charge in [0, 0.05) is 12.0 Å². The summed E-state index contributed by atoms with van der Waals surface area (Å²) in [5.41, 5.74) is 3.19. The Balaban J connectivity index is 1.98. The number of carbonyl (C=O) groups excluding carboxylic acids is 1. The van der Waals surface area contributed by atoms with Crippen LogP contribution in [0.5, 0.6) is 11.5 Å². The zero-order valence-electron chi connectivity index (χ0n) is 15.5. The van der Waals surface area contributed by atoms with E-state index in [4.69, 9.17) is 9.47 Å². The summed E-state index contributed by atoms with van der Waals surface area (Å²) in [7, 11) is 1.65. The Hall–Kier alpha value is -2.49. The van der Waals surface area contributed by atoms with Crippen LogP contribution < -0.4 is 14.8 Å². The summed E-state index contributed by atoms with van der Waals surface area (Å²) >= 11 is 0. The highest BCUT2D eigenvalue weighted by Gasteiger charge is 2.15. The summed E-state index contributed by atoms with van der Waals surface area (Å²) in [6.07, 6.45) is 1.07. The maximum atomic E-state index is 12.4. The second kappa shape index (κ2) is 9.11. The quantitative estimate of drug-likeness (QED) is 0.782. The number of methoxy groups -OCH3 is 1. The van der Waals surface area contributed by atoms with Gasteiger partial charge in [-0.25, -0.2) is 0 Å². The molecule has 134 valence electrons. The molecular formula is C21H27NO3. The van der Waals surface area contributed by atoms with Gasteiger partial charge >= 0.3 is 0 Å². The molecule has 1 N–H and O–H groups in total. The summed E-state index contributed by atoms with van der Waals surface area (Å²) in [5.74, 6) is 1.66. The second-order valence-corrected chi connectivity index (χ2v) is 6.08. The van der Waals surface area contributed by atoms with Gasteiger partial charge < -0.3 is 14.8 Å². The van der Waals surface area contributed by atoms with Gasteiger partial charge in [-0.3, -0.25) is 4.79 Å². The van der Waals surface area contributed by atoms with Gasteiger partial charge in [-0.1, -0.05) is 35.9 Å². The normalized spacial score (nSPS) is 11.7. The number of nitrogens with one attached hydrogen (secondary N) is 1. The number of ether oxygens (including phenoxy) is 2. The highest BCUT2D eigenvalue weighted by atomic mass is 16.5. The average molecular weight is 341 g/mol. The predicted octanol–water partition coefficient (Wildman–Crippen LogP) is 4.21. The van der Waals surface area contributed by atoms with E-state index >= 15 is 0 Å². The minimum Gasteiger partial charge on any atom is -0.496 e. The number of carbonyl (C=O) groups is 1. The van der Waals surface area contributed by atoms with E-state index in [0.29, 0.717) is 19.4 Å². The van der Waals surface area contributed by atoms with Crippen molar-refractivity contribution in [1.29, 1.82) is 0 Å². The van der Waals surface area contributed by atoms with Crippen molar-refractivity contribution in [2.45, 2.75) is 39.7 Å². The van der Waals surface area contributed by atoms with Crippen molar-refractivity contribution >= 4 is 5.91 Å². The fourth-order valence-corrected chi connectivity index (χ4v) is 2.84. The van der Waals surface area contributed by atoms with Crippen LogP contribution in [0.25, 0.3) is 0 Å². The predicted molar refractivity (Wildman–Crippen MR) is 100 cm³/mol. The molecule has 0 fully saturated rings. The third-order valence-corrected chi connectivity index (χ3v) is 4.12. The number of hydrogen-bond donors (Lipinski definition) is 1. The Morgan fingerprint density at radius 1 is 1.16 bits per heavy atom. The molecule has 2 rings (SSSR count). The molecule has 1 atom stereocenters. The van der Waals surface area contributed by atoms with Crippen molar-refractivity contribution in [2.24, 2.45) is 0 Å². The molecule has 0 aliphatic rings. The Kier molecular flexibility index (Phi) is 6.87. The Morgan fingerprint density at radius 3 is 2.64 bits per heavy atom. The van der Waals surface area contributed by atoms with Gasteiger partial charge in [-0.2, -0.15) is 0 Å². The number of para-hydroxylation sites is 1. The maximum absolute atomic E-state index is 12.4. The van der Waals surface area contributed by atoms with E-state index in [1.165, 1.54) is 0 Å². The minimum atomic E-state index is -0.107. The SMILES string of the molecule is CCOc1ccccc1CCC(=O)N[C@H](C)c1cc(C)ccc1OC. The molecule has 0 unspecified atom stereocenters. The van der Waals surface area contributed by atoms with E-state index in [-0.39, 0.29) is 11.9 Å². The molecular weight excluding hydrogens is 314 g/mol. The van der Waals surface area contributed by atoms with Crippen LogP contribution in [0, 0.1) is 6.92 Å². The van der Waals surface area contributed by atoms with Crippen LogP contribution >= 0.6 is 0 Å². The molecule has 2 aromatic carbocycles. The van der Waals surface area contributed by atoms with Crippen molar-refractivity contribution in [3.8, 4) is 11.5 Å². The lowest BCUT2D eigenvalue weighted by Gasteiger charge is -2.18. The van der Waals surface area contributed by atoms with E-state index in [0.717, 1.165) is 28.2 Å². The van der Waals surface area contributed by atoms with Crippen LogP contribution in [0.1, 0.15) is 43.0 Å². The lowest BCUT2D eigenvalue weighted by Crippen LogP contribution is -2.27. The molecule has 0 heterocycles. The summed E-state index contributed by atoms with van der Waals surface area (Å²) in [6.45, 7) is 6.58. The first-order chi connectivity index (χ1) is 12.0. The molecule has 0 aromatic heterocycles. The Morgan fingerprint density at radius 2 is 1.92 bits per heavy atom. The molecule has 0 spiro atoms. The van der Waals surface area contributed by atoms with Crippen molar-refractivity contribution in [2.75, 3.05) is 13.7 Å². The van der Waals surface area contributed by atoms with E-state index in [2.05, 4.69) is 5.32 Å². The third-order valence-electron chi connectivity index (χ3n) is 4.12. The molecule has 4 nitrogen and oxygen atoms in total. The zero-order chi connectivity index (χ0) is 18.2. The van der Waals surface area contributed by atoms with Crippen molar-refractivity contribution < 1.29 is 14.3 Å². The van der Waals surface area contributed by atoms with Gasteiger partial charge in [-0.05, 0) is 44.9 Å². The van der Waals surface area contributed by atoms with E-state index in [9.17, 15) is 4.79 Å². The van der Waals surface area contributed by atoms with Gasteiger partial charge in [0.25, 0.3) is 0 Å². The van der Waals surface area contributed by atoms with Crippen molar-refractivity contribution in [3.63, 3.8) is 0 Å². The van der Waals surface area contributed by atoms with Crippen LogP contribution in [0.3, 0.4) is 0 Å². The van der Waals surface area contributed by atoms with Crippen LogP contribution in [0.4, 0.5) is 0 Å². The highest BCUT2D eigenvalue weighted by Crippen LogP contribution is 2.26. The molecule has 0 saturated heterocycles. The zero-order valence-corrected chi connectivity index (χ0v) is 15.5. The second-order valence-electron chi connectivity index (χ2n) is 6.08. The first-order valence-corrected chi connectivity index (χ1v) is 8.69. The van der Waals surface area contributed by atoms with E-state index < -0.39 is 0 Å². The Labute approximate surface area is 150 Å². The van der Waals surface area contributed by atoms with E-state index in [1.807, 2.05) is 63.2 Å². The van der Waals surface area contributed by atoms with Crippen LogP contribution in [-0.4, -0.2) is 19.6 Å². The topological polar surface area (TPSA) is 47.6 Å². The van der Waals surface area contributed by atoms with Gasteiger partial charge in [0.05, 0.1) is 19.8 Å². The number of rotatable bonds is 8. The van der Waals surface area contributed by atoms with Gasteiger partial charge in [-0.15, -0.1) is 0 Å². The molecule has 4 heteroatoms. The number of hydrogen-bond acceptors (Lipinski definition) is 3. The molecule has 0 bridgehead atoms. The largest absolute Gasteiger partial charge is 0.496 e. The third kappa shape index (κ3) is 5.24. The highest BCUT2D eigenvalue weighted by molar-refractivity contribution is 5.77. The van der Waals surface area contributed by atoms with Gasteiger partial charge in [0.1, 0.15) is 11.5 Å². The van der Waals surface area contributed by atoms with Gasteiger partial charge in [0.2, 0.25) is 5.91 Å². The van der Waals surface area contributed by atoms with Crippen LogP contribution in [0.2, 0.25) is 0 Å². The average Bonchev–Trinajstić information content (AvgIpc) is 2.61. The first kappa shape index (κ1) is 18.8. The molecule has 25 heavy (non-hydrogen) atoms. The van der Waals surface area contributed by atoms with Crippen LogP contribution in [-0.2, 0) is 11.2 Å². The number of amides is 1. The molecule has 1 amide bonds. The maximum Gasteiger partial charge on any atom is 0.220 e. The molecule has 0 aliphatic heterocycles. The minimum absolute atomic E-state index is 0.0161. The van der Waals surface area contributed by atoms with E-state index in [1.54, 1.807) is 7.11 Å². The smallest absolute Gasteiger partial charge is 0.220 e. The summed E-state index contributed by atoms with van der Waals surface area (Å²) in [4.78, 5) is 12.4. The lowest BCUT2D eigenvalue weighted by atomic mass is 10.0. The molecule has 2 aromatic rings. The van der Waals surface area contributed by atoms with Crippen molar-refractivity contribution in [3.05, 3.63) is 59.2 Å². The Bertz CT molecular complexity index is 712. The first-order valence-electron chi connectivity index (χ1n) is 8.69. The molecule has 0 radical (unpaired) electrons. The van der Waals surface area contributed by atoms with Crippen molar-refractivity contribution in [1.82, 2.24) is 5.32 Å². The monoisotopic (exact) mass is 341 g/mol. The lowest BCUT2D eigenvalue weighted by molar-refractivity contribution is -0.121. The fraction of sp³-hybridized carbons (Fsp3) is 0.381. The standard InChI is InChI=1S/C21H27NO3/c1-5-25-19-9-7-6-8-17(19)11-13-21(23)22-16(3)18-14-15(2)10-12-20(18)24-4/h6-10,12,14,16H,5,11,13H2,1-4H3,(H,22,23)/t16-/m1/s1. The van der Waals surface area contributed by atoms with Gasteiger partial charge in [0.15, 0.2) is 0 Å². The number of aryl methyl sites for hydroxylation is 2. The van der Waals surface area contributed by atoms with Crippen LogP contribution in [0.15, 0.2) is 42.5 Å².